The smallest absolute Gasteiger partial charge is 0.263 e. The zero-order chi connectivity index (χ0) is 12.7. The van der Waals surface area contributed by atoms with E-state index in [9.17, 15) is 4.79 Å². The normalized spacial score (nSPS) is 10.0. The van der Waals surface area contributed by atoms with Crippen LogP contribution in [0.3, 0.4) is 0 Å². The third-order valence-corrected chi connectivity index (χ3v) is 3.11. The van der Waals surface area contributed by atoms with E-state index in [0.717, 1.165) is 29.9 Å². The first-order valence-electron chi connectivity index (χ1n) is 5.85. The minimum atomic E-state index is 0.0621. The van der Waals surface area contributed by atoms with Crippen molar-refractivity contribution in [1.82, 2.24) is 4.31 Å². The molecule has 0 aliphatic heterocycles. The molecule has 1 amide bonds. The van der Waals surface area contributed by atoms with Crippen LogP contribution in [0.25, 0.3) is 0 Å². The van der Waals surface area contributed by atoms with Crippen molar-refractivity contribution in [3.05, 3.63) is 47.4 Å². The Morgan fingerprint density at radius 3 is 2.53 bits per heavy atom. The lowest BCUT2D eigenvalue weighted by molar-refractivity contribution is 0.0871. The van der Waals surface area contributed by atoms with Gasteiger partial charge in [-0.25, -0.2) is 0 Å². The van der Waals surface area contributed by atoms with E-state index in [4.69, 9.17) is 0 Å². The second kappa shape index (κ2) is 7.17. The molecule has 2 nitrogen and oxygen atoms in total. The molecule has 0 radical (unpaired) electrons. The van der Waals surface area contributed by atoms with E-state index in [1.165, 1.54) is 11.9 Å². The highest BCUT2D eigenvalue weighted by Crippen LogP contribution is 2.22. The van der Waals surface area contributed by atoms with E-state index in [2.05, 4.69) is 13.5 Å². The molecule has 0 fully saturated rings. The molecule has 1 aromatic carbocycles. The molecule has 0 heterocycles. The maximum Gasteiger partial charge on any atom is 0.263 e. The van der Waals surface area contributed by atoms with Gasteiger partial charge in [0.2, 0.25) is 0 Å². The fraction of sp³-hybridized carbons (Fsp3) is 0.357. The van der Waals surface area contributed by atoms with Crippen LogP contribution in [-0.4, -0.2) is 16.8 Å². The molecule has 3 heteroatoms. The van der Waals surface area contributed by atoms with Gasteiger partial charge >= 0.3 is 0 Å². The summed E-state index contributed by atoms with van der Waals surface area (Å²) in [5.74, 6) is 0.0621. The Labute approximate surface area is 108 Å². The van der Waals surface area contributed by atoms with Crippen LogP contribution in [0.15, 0.2) is 41.8 Å². The molecule has 0 atom stereocenters. The lowest BCUT2D eigenvalue weighted by atomic mass is 10.2. The van der Waals surface area contributed by atoms with E-state index < -0.39 is 0 Å². The van der Waals surface area contributed by atoms with E-state index in [0.29, 0.717) is 0 Å². The fourth-order valence-electron chi connectivity index (χ4n) is 1.40. The SMILES string of the molecule is C=C(C)SN(CCCC)C(=O)c1ccccc1. The van der Waals surface area contributed by atoms with Crippen LogP contribution in [0.1, 0.15) is 37.0 Å². The van der Waals surface area contributed by atoms with Gasteiger partial charge in [-0.15, -0.1) is 0 Å². The zero-order valence-electron chi connectivity index (χ0n) is 10.5. The third kappa shape index (κ3) is 4.65. The van der Waals surface area contributed by atoms with Gasteiger partial charge in [0.05, 0.1) is 0 Å². The van der Waals surface area contributed by atoms with Crippen LogP contribution in [0.5, 0.6) is 0 Å². The second-order valence-corrected chi connectivity index (χ2v) is 5.24. The highest BCUT2D eigenvalue weighted by Gasteiger charge is 2.15. The summed E-state index contributed by atoms with van der Waals surface area (Å²) in [6.45, 7) is 8.65. The molecular weight excluding hydrogens is 230 g/mol. The number of rotatable bonds is 6. The Hall–Kier alpha value is -1.22. The number of hydrogen-bond acceptors (Lipinski definition) is 2. The number of amides is 1. The van der Waals surface area contributed by atoms with Gasteiger partial charge in [-0.3, -0.25) is 9.10 Å². The highest BCUT2D eigenvalue weighted by atomic mass is 32.2. The average molecular weight is 249 g/mol. The number of benzene rings is 1. The molecule has 0 bridgehead atoms. The first-order chi connectivity index (χ1) is 8.15. The van der Waals surface area contributed by atoms with E-state index in [-0.39, 0.29) is 5.91 Å². The quantitative estimate of drug-likeness (QED) is 0.707. The summed E-state index contributed by atoms with van der Waals surface area (Å²) >= 11 is 1.43. The van der Waals surface area contributed by atoms with Crippen LogP contribution in [0.2, 0.25) is 0 Å². The Morgan fingerprint density at radius 2 is 2.00 bits per heavy atom. The Morgan fingerprint density at radius 1 is 1.35 bits per heavy atom. The van der Waals surface area contributed by atoms with Crippen LogP contribution < -0.4 is 0 Å². The summed E-state index contributed by atoms with van der Waals surface area (Å²) in [6.07, 6.45) is 2.09. The minimum Gasteiger partial charge on any atom is -0.278 e. The summed E-state index contributed by atoms with van der Waals surface area (Å²) < 4.78 is 1.79. The molecule has 17 heavy (non-hydrogen) atoms. The van der Waals surface area contributed by atoms with Gasteiger partial charge in [-0.1, -0.05) is 38.1 Å². The predicted molar refractivity (Wildman–Crippen MR) is 74.8 cm³/mol. The molecule has 1 aromatic rings. The van der Waals surface area contributed by atoms with Gasteiger partial charge in [0, 0.05) is 12.1 Å². The molecule has 0 saturated carbocycles. The lowest BCUT2D eigenvalue weighted by Gasteiger charge is -2.21. The Bertz CT molecular complexity index is 375. The summed E-state index contributed by atoms with van der Waals surface area (Å²) in [6, 6.07) is 9.38. The first-order valence-corrected chi connectivity index (χ1v) is 6.63. The number of hydrogen-bond donors (Lipinski definition) is 0. The number of allylic oxidation sites excluding steroid dienone is 1. The first kappa shape index (κ1) is 13.8. The largest absolute Gasteiger partial charge is 0.278 e. The molecule has 0 saturated heterocycles. The summed E-state index contributed by atoms with van der Waals surface area (Å²) in [7, 11) is 0. The maximum atomic E-state index is 12.3. The van der Waals surface area contributed by atoms with Crippen molar-refractivity contribution in [2.24, 2.45) is 0 Å². The molecule has 1 rings (SSSR count). The highest BCUT2D eigenvalue weighted by molar-refractivity contribution is 8.01. The van der Waals surface area contributed by atoms with Crippen LogP contribution in [0, 0.1) is 0 Å². The lowest BCUT2D eigenvalue weighted by Crippen LogP contribution is -2.25. The van der Waals surface area contributed by atoms with Crippen molar-refractivity contribution < 1.29 is 4.79 Å². The minimum absolute atomic E-state index is 0.0621. The van der Waals surface area contributed by atoms with Crippen LogP contribution in [0.4, 0.5) is 0 Å². The molecule has 92 valence electrons. The molecular formula is C14H19NOS. The van der Waals surface area contributed by atoms with Gasteiger partial charge in [0.1, 0.15) is 0 Å². The summed E-state index contributed by atoms with van der Waals surface area (Å²) in [5, 5.41) is 0. The van der Waals surface area contributed by atoms with Crippen molar-refractivity contribution in [2.45, 2.75) is 26.7 Å². The van der Waals surface area contributed by atoms with Gasteiger partial charge in [0.25, 0.3) is 5.91 Å². The second-order valence-electron chi connectivity index (χ2n) is 3.92. The van der Waals surface area contributed by atoms with Gasteiger partial charge in [-0.05, 0) is 42.3 Å². The Balaban J connectivity index is 2.75. The predicted octanol–water partition coefficient (Wildman–Crippen LogP) is 4.11. The molecule has 0 aliphatic carbocycles. The van der Waals surface area contributed by atoms with Crippen LogP contribution in [-0.2, 0) is 0 Å². The Kier molecular flexibility index (Phi) is 5.84. The molecule has 0 aromatic heterocycles. The van der Waals surface area contributed by atoms with E-state index in [1.54, 1.807) is 4.31 Å². The topological polar surface area (TPSA) is 20.3 Å². The van der Waals surface area contributed by atoms with E-state index in [1.807, 2.05) is 37.3 Å². The van der Waals surface area contributed by atoms with Gasteiger partial charge in [0.15, 0.2) is 0 Å². The van der Waals surface area contributed by atoms with Crippen molar-refractivity contribution in [3.63, 3.8) is 0 Å². The van der Waals surface area contributed by atoms with Crippen molar-refractivity contribution in [2.75, 3.05) is 6.54 Å². The maximum absolute atomic E-state index is 12.3. The molecule has 0 N–H and O–H groups in total. The number of carbonyl (C=O) groups is 1. The van der Waals surface area contributed by atoms with E-state index >= 15 is 0 Å². The number of unbranched alkanes of at least 4 members (excludes halogenated alkanes) is 1. The van der Waals surface area contributed by atoms with Crippen LogP contribution >= 0.6 is 11.9 Å². The standard InChI is InChI=1S/C14H19NOS/c1-4-5-11-15(17-12(2)3)14(16)13-9-7-6-8-10-13/h6-10H,2,4-5,11H2,1,3H3. The zero-order valence-corrected chi connectivity index (χ0v) is 11.3. The monoisotopic (exact) mass is 249 g/mol. The average Bonchev–Trinajstić information content (AvgIpc) is 2.34. The molecule has 0 aliphatic rings. The summed E-state index contributed by atoms with van der Waals surface area (Å²) in [5.41, 5.74) is 0.734. The van der Waals surface area contributed by atoms with Crippen molar-refractivity contribution in [1.29, 1.82) is 0 Å². The fourth-order valence-corrected chi connectivity index (χ4v) is 2.19. The number of carbonyl (C=O) groups excluding carboxylic acids is 1. The number of nitrogens with zero attached hydrogens (tertiary/aromatic N) is 1. The van der Waals surface area contributed by atoms with Crippen molar-refractivity contribution >= 4 is 17.9 Å². The summed E-state index contributed by atoms with van der Waals surface area (Å²) in [4.78, 5) is 13.2. The van der Waals surface area contributed by atoms with Gasteiger partial charge in [-0.2, -0.15) is 0 Å². The van der Waals surface area contributed by atoms with Crippen molar-refractivity contribution in [3.8, 4) is 0 Å². The molecule has 0 spiro atoms. The molecule has 0 unspecified atom stereocenters. The third-order valence-electron chi connectivity index (χ3n) is 2.23. The van der Waals surface area contributed by atoms with Gasteiger partial charge < -0.3 is 0 Å².